The molecule has 0 aromatic heterocycles. The van der Waals surface area contributed by atoms with Gasteiger partial charge in [0.2, 0.25) is 0 Å². The lowest BCUT2D eigenvalue weighted by Crippen LogP contribution is -1.92. The summed E-state index contributed by atoms with van der Waals surface area (Å²) in [6.45, 7) is 6.83. The van der Waals surface area contributed by atoms with Crippen molar-refractivity contribution in [3.8, 4) is 0 Å². The summed E-state index contributed by atoms with van der Waals surface area (Å²) in [7, 11) is 0. The Balaban J connectivity index is 3.99. The molecule has 2 heteroatoms. The summed E-state index contributed by atoms with van der Waals surface area (Å²) in [5.74, 6) is 0. The molecular weight excluding hydrogens is 122 g/mol. The lowest BCUT2D eigenvalue weighted by molar-refractivity contribution is 1.43. The van der Waals surface area contributed by atoms with E-state index >= 15 is 0 Å². The molecule has 0 aliphatic carbocycles. The summed E-state index contributed by atoms with van der Waals surface area (Å²) >= 11 is 5.48. The van der Waals surface area contributed by atoms with E-state index in [0.29, 0.717) is 10.7 Å². The first-order valence-electron chi connectivity index (χ1n) is 2.11. The van der Waals surface area contributed by atoms with Crippen molar-refractivity contribution < 1.29 is 0 Å². The standard InChI is InChI=1S/C6H8ClN/c1-3-4-6(7)5(2)8/h3-4H,1-2,8H2/b6-4+. The second-order valence-electron chi connectivity index (χ2n) is 1.28. The van der Waals surface area contributed by atoms with Crippen LogP contribution in [0.15, 0.2) is 36.0 Å². The van der Waals surface area contributed by atoms with Crippen molar-refractivity contribution in [2.75, 3.05) is 0 Å². The van der Waals surface area contributed by atoms with Crippen LogP contribution in [0.5, 0.6) is 0 Å². The van der Waals surface area contributed by atoms with Crippen LogP contribution in [-0.2, 0) is 0 Å². The van der Waals surface area contributed by atoms with Crippen molar-refractivity contribution in [3.05, 3.63) is 36.0 Å². The van der Waals surface area contributed by atoms with E-state index in [9.17, 15) is 0 Å². The van der Waals surface area contributed by atoms with Crippen molar-refractivity contribution in [3.63, 3.8) is 0 Å². The monoisotopic (exact) mass is 129 g/mol. The molecule has 1 nitrogen and oxygen atoms in total. The Morgan fingerprint density at radius 3 is 2.25 bits per heavy atom. The Morgan fingerprint density at radius 2 is 2.12 bits per heavy atom. The van der Waals surface area contributed by atoms with Gasteiger partial charge in [-0.1, -0.05) is 30.8 Å². The maximum atomic E-state index is 5.48. The van der Waals surface area contributed by atoms with E-state index in [1.807, 2.05) is 0 Å². The molecule has 0 aromatic rings. The van der Waals surface area contributed by atoms with Gasteiger partial charge in [-0.15, -0.1) is 0 Å². The van der Waals surface area contributed by atoms with Gasteiger partial charge in [-0.2, -0.15) is 0 Å². The largest absolute Gasteiger partial charge is 0.398 e. The van der Waals surface area contributed by atoms with Crippen molar-refractivity contribution in [1.29, 1.82) is 0 Å². The Hall–Kier alpha value is -0.690. The van der Waals surface area contributed by atoms with E-state index in [1.165, 1.54) is 0 Å². The summed E-state index contributed by atoms with van der Waals surface area (Å²) in [4.78, 5) is 0. The van der Waals surface area contributed by atoms with Crippen molar-refractivity contribution in [2.45, 2.75) is 0 Å². The summed E-state index contributed by atoms with van der Waals surface area (Å²) in [6, 6.07) is 0. The van der Waals surface area contributed by atoms with Crippen LogP contribution in [0.4, 0.5) is 0 Å². The Morgan fingerprint density at radius 1 is 1.62 bits per heavy atom. The quantitative estimate of drug-likeness (QED) is 0.565. The summed E-state index contributed by atoms with van der Waals surface area (Å²) in [5.41, 5.74) is 5.55. The zero-order chi connectivity index (χ0) is 6.57. The zero-order valence-electron chi connectivity index (χ0n) is 4.52. The fourth-order valence-electron chi connectivity index (χ4n) is 0.211. The van der Waals surface area contributed by atoms with Gasteiger partial charge in [-0.25, -0.2) is 0 Å². The highest BCUT2D eigenvalue weighted by atomic mass is 35.5. The van der Waals surface area contributed by atoms with Crippen LogP contribution in [0.3, 0.4) is 0 Å². The Labute approximate surface area is 54.1 Å². The van der Waals surface area contributed by atoms with Gasteiger partial charge in [0.15, 0.2) is 0 Å². The van der Waals surface area contributed by atoms with Gasteiger partial charge in [-0.3, -0.25) is 0 Å². The summed E-state index contributed by atoms with van der Waals surface area (Å²) in [5, 5.41) is 0.444. The topological polar surface area (TPSA) is 26.0 Å². The molecule has 44 valence electrons. The minimum atomic E-state index is 0.367. The van der Waals surface area contributed by atoms with E-state index in [0.717, 1.165) is 0 Å². The number of nitrogens with two attached hydrogens (primary N) is 1. The highest BCUT2D eigenvalue weighted by molar-refractivity contribution is 6.31. The highest BCUT2D eigenvalue weighted by Crippen LogP contribution is 2.05. The molecule has 0 aromatic carbocycles. The Bertz CT molecular complexity index is 135. The average Bonchev–Trinajstić information content (AvgIpc) is 1.67. The molecule has 0 bridgehead atoms. The number of hydrogen-bond donors (Lipinski definition) is 1. The number of allylic oxidation sites excluding steroid dienone is 3. The number of hydrogen-bond acceptors (Lipinski definition) is 1. The van der Waals surface area contributed by atoms with Gasteiger partial charge in [0.05, 0.1) is 5.03 Å². The fraction of sp³-hybridized carbons (Fsp3) is 0. The van der Waals surface area contributed by atoms with Gasteiger partial charge in [0.1, 0.15) is 0 Å². The zero-order valence-corrected chi connectivity index (χ0v) is 5.28. The molecule has 0 fully saturated rings. The normalized spacial score (nSPS) is 10.9. The summed E-state index contributed by atoms with van der Waals surface area (Å²) < 4.78 is 0. The molecule has 0 amide bonds. The molecule has 0 radical (unpaired) electrons. The van der Waals surface area contributed by atoms with Gasteiger partial charge >= 0.3 is 0 Å². The van der Waals surface area contributed by atoms with Gasteiger partial charge in [0, 0.05) is 5.70 Å². The average molecular weight is 130 g/mol. The Kier molecular flexibility index (Phi) is 3.04. The van der Waals surface area contributed by atoms with Gasteiger partial charge < -0.3 is 5.73 Å². The van der Waals surface area contributed by atoms with Crippen molar-refractivity contribution in [1.82, 2.24) is 0 Å². The molecule has 2 N–H and O–H groups in total. The van der Waals surface area contributed by atoms with E-state index in [-0.39, 0.29) is 0 Å². The molecule has 0 rings (SSSR count). The third-order valence-corrected chi connectivity index (χ3v) is 0.940. The molecule has 0 heterocycles. The first-order valence-corrected chi connectivity index (χ1v) is 2.49. The maximum Gasteiger partial charge on any atom is 0.0629 e. The van der Waals surface area contributed by atoms with E-state index in [4.69, 9.17) is 17.3 Å². The third kappa shape index (κ3) is 2.48. The van der Waals surface area contributed by atoms with Gasteiger partial charge in [-0.05, 0) is 6.08 Å². The van der Waals surface area contributed by atoms with E-state index in [1.54, 1.807) is 12.2 Å². The van der Waals surface area contributed by atoms with Crippen LogP contribution in [-0.4, -0.2) is 0 Å². The smallest absolute Gasteiger partial charge is 0.0629 e. The van der Waals surface area contributed by atoms with Crippen LogP contribution in [0, 0.1) is 0 Å². The van der Waals surface area contributed by atoms with Crippen LogP contribution in [0.1, 0.15) is 0 Å². The van der Waals surface area contributed by atoms with Crippen molar-refractivity contribution >= 4 is 11.6 Å². The van der Waals surface area contributed by atoms with Crippen LogP contribution >= 0.6 is 11.6 Å². The predicted molar refractivity (Wildman–Crippen MR) is 37.5 cm³/mol. The first kappa shape index (κ1) is 7.31. The molecular formula is C6H8ClN. The molecule has 8 heavy (non-hydrogen) atoms. The number of halogens is 1. The van der Waals surface area contributed by atoms with Crippen molar-refractivity contribution in [2.24, 2.45) is 5.73 Å². The second kappa shape index (κ2) is 3.33. The minimum absolute atomic E-state index is 0.367. The molecule has 0 atom stereocenters. The van der Waals surface area contributed by atoms with E-state index < -0.39 is 0 Å². The molecule has 0 unspecified atom stereocenters. The summed E-state index contributed by atoms with van der Waals surface area (Å²) in [6.07, 6.45) is 3.14. The molecule has 0 saturated heterocycles. The lowest BCUT2D eigenvalue weighted by Gasteiger charge is -1.90. The molecule has 0 saturated carbocycles. The lowest BCUT2D eigenvalue weighted by atomic mass is 10.4. The molecule has 0 spiro atoms. The molecule has 0 aliphatic heterocycles. The fourth-order valence-corrected chi connectivity index (χ4v) is 0.300. The number of rotatable bonds is 2. The third-order valence-electron chi connectivity index (χ3n) is 0.571. The maximum absolute atomic E-state index is 5.48. The first-order chi connectivity index (χ1) is 3.68. The van der Waals surface area contributed by atoms with Crippen LogP contribution < -0.4 is 5.73 Å². The van der Waals surface area contributed by atoms with Gasteiger partial charge in [0.25, 0.3) is 0 Å². The van der Waals surface area contributed by atoms with Crippen LogP contribution in [0.2, 0.25) is 0 Å². The molecule has 0 aliphatic rings. The predicted octanol–water partition coefficient (Wildman–Crippen LogP) is 1.77. The van der Waals surface area contributed by atoms with E-state index in [2.05, 4.69) is 13.2 Å². The second-order valence-corrected chi connectivity index (χ2v) is 1.68. The SMILES string of the molecule is C=C/C=C(/Cl)C(=C)N. The van der Waals surface area contributed by atoms with Crippen LogP contribution in [0.25, 0.3) is 0 Å². The highest BCUT2D eigenvalue weighted by Gasteiger charge is 1.86. The minimum Gasteiger partial charge on any atom is -0.398 e.